The fraction of sp³-hybridized carbons (Fsp3) is 0.792. The molecule has 2 spiro atoms. The molecule has 2 saturated heterocycles. The monoisotopic (exact) mass is 500 g/mol. The first kappa shape index (κ1) is 26.2. The van der Waals surface area contributed by atoms with E-state index in [1.807, 2.05) is 6.08 Å². The van der Waals surface area contributed by atoms with Gasteiger partial charge in [-0.1, -0.05) is 19.4 Å². The first-order valence-electron chi connectivity index (χ1n) is 11.3. The summed E-state index contributed by atoms with van der Waals surface area (Å²) in [6, 6.07) is 0. The van der Waals surface area contributed by atoms with Crippen LogP contribution in [0.3, 0.4) is 0 Å². The Morgan fingerprint density at radius 2 is 1.78 bits per heavy atom. The lowest BCUT2D eigenvalue weighted by Crippen LogP contribution is -2.63. The number of carbonyl (C=O) groups excluding carboxylic acids is 3. The molecule has 6 aliphatic rings. The fourth-order valence-electron chi connectivity index (χ4n) is 8.70. The van der Waals surface area contributed by atoms with Crippen molar-refractivity contribution in [2.75, 3.05) is 0 Å². The number of fused-ring (bicyclic) bond motifs is 4. The topological polar surface area (TPSA) is 73.0 Å². The number of hydrogen-bond donors (Lipinski definition) is 0. The zero-order valence-corrected chi connectivity index (χ0v) is 22.1. The molecule has 0 N–H and O–H groups in total. The first-order chi connectivity index (χ1) is 13.7. The highest BCUT2D eigenvalue weighted by atomic mass is 32.1. The second kappa shape index (κ2) is 7.79. The van der Waals surface area contributed by atoms with Crippen LogP contribution < -0.4 is 0 Å². The standard InChI is InChI=1S/C24H30O5.3H2S/c1-13(25)16-11-14-10-15(26)4-7-21(14,2)24-18(28-24)12-22(3)17(20(16)24)5-8-23(22)9-6-19(27)29-23;;;/h10,16-18,20H,4-9,11-12H2,1-3H3;3*1H2/t16-,17-,18?,20-,21-,22-,23+,24+;;;/m0.../s1. The molecule has 4 aliphatic carbocycles. The predicted molar refractivity (Wildman–Crippen MR) is 135 cm³/mol. The van der Waals surface area contributed by atoms with E-state index in [1.165, 1.54) is 0 Å². The Balaban J connectivity index is 0.000000963. The molecule has 0 aromatic heterocycles. The van der Waals surface area contributed by atoms with E-state index < -0.39 is 0 Å². The highest BCUT2D eigenvalue weighted by molar-refractivity contribution is 7.59. The Morgan fingerprint density at radius 1 is 1.06 bits per heavy atom. The molecule has 0 bridgehead atoms. The molecule has 8 heteroatoms. The second-order valence-electron chi connectivity index (χ2n) is 11.0. The van der Waals surface area contributed by atoms with Crippen LogP contribution in [0.25, 0.3) is 0 Å². The zero-order chi connectivity index (χ0) is 20.4. The van der Waals surface area contributed by atoms with Crippen LogP contribution in [0.2, 0.25) is 0 Å². The largest absolute Gasteiger partial charge is 0.458 e. The van der Waals surface area contributed by atoms with Crippen molar-refractivity contribution in [1.29, 1.82) is 0 Å². The van der Waals surface area contributed by atoms with Crippen molar-refractivity contribution in [2.24, 2.45) is 28.6 Å². The van der Waals surface area contributed by atoms with Gasteiger partial charge in [0.05, 0.1) is 6.10 Å². The van der Waals surface area contributed by atoms with Crippen molar-refractivity contribution < 1.29 is 23.9 Å². The van der Waals surface area contributed by atoms with Crippen molar-refractivity contribution in [1.82, 2.24) is 0 Å². The molecule has 2 heterocycles. The van der Waals surface area contributed by atoms with Crippen LogP contribution in [0.15, 0.2) is 11.6 Å². The average molecular weight is 501 g/mol. The molecule has 1 unspecified atom stereocenters. The summed E-state index contributed by atoms with van der Waals surface area (Å²) >= 11 is 0. The summed E-state index contributed by atoms with van der Waals surface area (Å²) < 4.78 is 12.7. The number of ether oxygens (including phenoxy) is 2. The van der Waals surface area contributed by atoms with Gasteiger partial charge >= 0.3 is 5.97 Å². The van der Waals surface area contributed by atoms with Crippen LogP contribution >= 0.6 is 40.5 Å². The van der Waals surface area contributed by atoms with Gasteiger partial charge in [-0.2, -0.15) is 40.5 Å². The van der Waals surface area contributed by atoms with Crippen molar-refractivity contribution in [2.45, 2.75) is 89.4 Å². The van der Waals surface area contributed by atoms with Gasteiger partial charge in [-0.05, 0) is 57.4 Å². The highest BCUT2D eigenvalue weighted by Crippen LogP contribution is 2.78. The molecule has 180 valence electrons. The minimum atomic E-state index is -0.381. The van der Waals surface area contributed by atoms with Crippen molar-refractivity contribution >= 4 is 58.0 Å². The summed E-state index contributed by atoms with van der Waals surface area (Å²) in [5, 5.41) is 0. The van der Waals surface area contributed by atoms with Crippen LogP contribution in [0.1, 0.15) is 72.1 Å². The van der Waals surface area contributed by atoms with Gasteiger partial charge in [0, 0.05) is 35.5 Å². The fourth-order valence-corrected chi connectivity index (χ4v) is 8.70. The average Bonchev–Trinajstić information content (AvgIpc) is 3.14. The zero-order valence-electron chi connectivity index (χ0n) is 19.1. The normalized spacial score (nSPS) is 49.7. The summed E-state index contributed by atoms with van der Waals surface area (Å²) in [5.41, 5.74) is 0.132. The Labute approximate surface area is 211 Å². The van der Waals surface area contributed by atoms with E-state index >= 15 is 0 Å². The summed E-state index contributed by atoms with van der Waals surface area (Å²) in [5.74, 6) is 0.676. The number of ketones is 2. The Bertz CT molecular complexity index is 904. The maximum absolute atomic E-state index is 12.9. The smallest absolute Gasteiger partial charge is 0.306 e. The van der Waals surface area contributed by atoms with E-state index in [4.69, 9.17) is 9.47 Å². The molecule has 0 aromatic rings. The van der Waals surface area contributed by atoms with Gasteiger partial charge in [-0.25, -0.2) is 0 Å². The van der Waals surface area contributed by atoms with Crippen LogP contribution in [-0.2, 0) is 23.9 Å². The summed E-state index contributed by atoms with van der Waals surface area (Å²) in [4.78, 5) is 37.2. The van der Waals surface area contributed by atoms with Gasteiger partial charge in [0.15, 0.2) is 5.78 Å². The Hall–Kier alpha value is -0.440. The molecule has 0 amide bonds. The quantitative estimate of drug-likeness (QED) is 0.404. The number of hydrogen-bond acceptors (Lipinski definition) is 5. The molecule has 3 saturated carbocycles. The second-order valence-corrected chi connectivity index (χ2v) is 11.0. The molecule has 0 aromatic carbocycles. The lowest BCUT2D eigenvalue weighted by molar-refractivity contribution is -0.167. The molecule has 0 radical (unpaired) electrons. The lowest BCUT2D eigenvalue weighted by Gasteiger charge is -2.58. The summed E-state index contributed by atoms with van der Waals surface area (Å²) in [7, 11) is 0. The first-order valence-corrected chi connectivity index (χ1v) is 11.3. The van der Waals surface area contributed by atoms with Crippen LogP contribution in [0.5, 0.6) is 0 Å². The van der Waals surface area contributed by atoms with Gasteiger partial charge < -0.3 is 9.47 Å². The molecule has 6 rings (SSSR count). The van der Waals surface area contributed by atoms with E-state index in [0.717, 1.165) is 37.7 Å². The van der Waals surface area contributed by atoms with Crippen LogP contribution in [0.4, 0.5) is 0 Å². The third-order valence-corrected chi connectivity index (χ3v) is 10.2. The Morgan fingerprint density at radius 3 is 2.41 bits per heavy atom. The van der Waals surface area contributed by atoms with E-state index in [9.17, 15) is 14.4 Å². The number of epoxide rings is 1. The van der Waals surface area contributed by atoms with Crippen molar-refractivity contribution in [3.8, 4) is 0 Å². The maximum Gasteiger partial charge on any atom is 0.306 e. The Kier molecular flexibility index (Phi) is 6.37. The van der Waals surface area contributed by atoms with Crippen molar-refractivity contribution in [3.63, 3.8) is 0 Å². The highest BCUT2D eigenvalue weighted by Gasteiger charge is 2.83. The molecule has 8 atom stereocenters. The van der Waals surface area contributed by atoms with E-state index in [0.29, 0.717) is 25.2 Å². The van der Waals surface area contributed by atoms with Gasteiger partial charge in [0.1, 0.15) is 17.0 Å². The van der Waals surface area contributed by atoms with Gasteiger partial charge in [0.25, 0.3) is 0 Å². The minimum absolute atomic E-state index is 0. The number of esters is 1. The minimum Gasteiger partial charge on any atom is -0.458 e. The predicted octanol–water partition coefficient (Wildman–Crippen LogP) is 3.88. The number of rotatable bonds is 1. The SMILES string of the molecule is CC(=O)[C@@H]1CC2=CC(=O)CC[C@]2(C)[C@@]23OC2C[C@@]2(C)[C@@H](CC[C@@]24CCC(=O)O4)[C@H]13.S.S.S. The van der Waals surface area contributed by atoms with E-state index in [2.05, 4.69) is 13.8 Å². The summed E-state index contributed by atoms with van der Waals surface area (Å²) in [6.45, 7) is 6.28. The van der Waals surface area contributed by atoms with Gasteiger partial charge in [-0.3, -0.25) is 14.4 Å². The lowest BCUT2D eigenvalue weighted by atomic mass is 9.43. The third-order valence-electron chi connectivity index (χ3n) is 10.2. The van der Waals surface area contributed by atoms with Gasteiger partial charge in [-0.15, -0.1) is 0 Å². The molecule has 32 heavy (non-hydrogen) atoms. The van der Waals surface area contributed by atoms with Crippen LogP contribution in [0, 0.1) is 28.6 Å². The molecular formula is C24H36O5S3. The molecule has 5 nitrogen and oxygen atoms in total. The third kappa shape index (κ3) is 2.81. The van der Waals surface area contributed by atoms with Crippen molar-refractivity contribution in [3.05, 3.63) is 11.6 Å². The molecular weight excluding hydrogens is 464 g/mol. The number of Topliss-reactive ketones (excluding diaryl/α,β-unsaturated/α-hetero) is 1. The maximum atomic E-state index is 12.9. The molecule has 5 fully saturated rings. The summed E-state index contributed by atoms with van der Waals surface area (Å²) in [6.07, 6.45) is 8.07. The van der Waals surface area contributed by atoms with E-state index in [-0.39, 0.29) is 98.0 Å². The molecule has 2 aliphatic heterocycles. The number of carbonyl (C=O) groups is 3. The van der Waals surface area contributed by atoms with E-state index in [1.54, 1.807) is 6.92 Å². The van der Waals surface area contributed by atoms with Crippen LogP contribution in [-0.4, -0.2) is 34.8 Å². The van der Waals surface area contributed by atoms with Gasteiger partial charge in [0.2, 0.25) is 0 Å².